The number of hydrogen-bond acceptors (Lipinski definition) is 3. The summed E-state index contributed by atoms with van der Waals surface area (Å²) in [5, 5.41) is 5.34. The third-order valence-corrected chi connectivity index (χ3v) is 3.84. The quantitative estimate of drug-likeness (QED) is 0.881. The van der Waals surface area contributed by atoms with Gasteiger partial charge in [0.1, 0.15) is 0 Å². The molecule has 1 aromatic carbocycles. The lowest BCUT2D eigenvalue weighted by Crippen LogP contribution is -2.46. The van der Waals surface area contributed by atoms with Gasteiger partial charge in [-0.25, -0.2) is 0 Å². The summed E-state index contributed by atoms with van der Waals surface area (Å²) >= 11 is 0. The van der Waals surface area contributed by atoms with Gasteiger partial charge in [0.2, 0.25) is 11.8 Å². The Morgan fingerprint density at radius 3 is 2.50 bits per heavy atom. The van der Waals surface area contributed by atoms with Gasteiger partial charge in [-0.15, -0.1) is 0 Å². The Labute approximate surface area is 138 Å². The molecule has 1 heterocycles. The molecule has 132 valence electrons. The van der Waals surface area contributed by atoms with Gasteiger partial charge in [0.15, 0.2) is 0 Å². The topological polar surface area (TPSA) is 61.4 Å². The number of anilines is 1. The van der Waals surface area contributed by atoms with Crippen molar-refractivity contribution in [2.75, 3.05) is 25.0 Å². The van der Waals surface area contributed by atoms with Gasteiger partial charge in [0.25, 0.3) is 0 Å². The minimum atomic E-state index is -4.44. The number of hydrogen-bond donors (Lipinski definition) is 2. The Kier molecular flexibility index (Phi) is 5.82. The van der Waals surface area contributed by atoms with Gasteiger partial charge >= 0.3 is 6.18 Å². The molecule has 1 aliphatic heterocycles. The molecule has 2 rings (SSSR count). The van der Waals surface area contributed by atoms with Crippen molar-refractivity contribution in [1.29, 1.82) is 0 Å². The van der Waals surface area contributed by atoms with Crippen molar-refractivity contribution in [2.45, 2.75) is 32.0 Å². The molecule has 1 fully saturated rings. The zero-order chi connectivity index (χ0) is 17.7. The Bertz CT molecular complexity index is 596. The molecule has 24 heavy (non-hydrogen) atoms. The highest BCUT2D eigenvalue weighted by Gasteiger charge is 2.30. The zero-order valence-corrected chi connectivity index (χ0v) is 13.3. The van der Waals surface area contributed by atoms with Crippen molar-refractivity contribution >= 4 is 17.5 Å². The summed E-state index contributed by atoms with van der Waals surface area (Å²) in [6.07, 6.45) is -2.95. The van der Waals surface area contributed by atoms with Crippen LogP contribution in [0, 0.1) is 0 Å². The summed E-state index contributed by atoms with van der Waals surface area (Å²) in [6, 6.07) is 4.68. The maximum atomic E-state index is 12.7. The molecular weight excluding hydrogens is 323 g/mol. The first-order valence-electron chi connectivity index (χ1n) is 7.70. The molecule has 0 radical (unpaired) electrons. The van der Waals surface area contributed by atoms with Crippen LogP contribution in [0.2, 0.25) is 0 Å². The van der Waals surface area contributed by atoms with Gasteiger partial charge < -0.3 is 10.6 Å². The molecule has 1 aliphatic rings. The lowest BCUT2D eigenvalue weighted by Gasteiger charge is -2.31. The van der Waals surface area contributed by atoms with E-state index >= 15 is 0 Å². The van der Waals surface area contributed by atoms with Gasteiger partial charge in [-0.2, -0.15) is 13.2 Å². The van der Waals surface area contributed by atoms with E-state index in [1.165, 1.54) is 19.1 Å². The molecule has 0 aromatic heterocycles. The molecule has 5 nitrogen and oxygen atoms in total. The predicted molar refractivity (Wildman–Crippen MR) is 83.4 cm³/mol. The van der Waals surface area contributed by atoms with E-state index in [-0.39, 0.29) is 30.1 Å². The van der Waals surface area contributed by atoms with E-state index in [1.54, 1.807) is 0 Å². The molecule has 1 aromatic rings. The van der Waals surface area contributed by atoms with Crippen LogP contribution in [0.1, 0.15) is 25.3 Å². The molecule has 0 unspecified atom stereocenters. The number of carbonyl (C=O) groups excluding carboxylic acids is 2. The van der Waals surface area contributed by atoms with Crippen molar-refractivity contribution in [1.82, 2.24) is 10.2 Å². The summed E-state index contributed by atoms with van der Waals surface area (Å²) < 4.78 is 38.0. The highest BCUT2D eigenvalue weighted by atomic mass is 19.4. The third-order valence-electron chi connectivity index (χ3n) is 3.84. The second kappa shape index (κ2) is 7.65. The summed E-state index contributed by atoms with van der Waals surface area (Å²) in [6.45, 7) is 2.89. The molecule has 8 heteroatoms. The average Bonchev–Trinajstić information content (AvgIpc) is 2.48. The summed E-state index contributed by atoms with van der Waals surface area (Å²) in [7, 11) is 0. The Morgan fingerprint density at radius 1 is 1.25 bits per heavy atom. The maximum absolute atomic E-state index is 12.7. The van der Waals surface area contributed by atoms with E-state index in [2.05, 4.69) is 10.6 Å². The predicted octanol–water partition coefficient (Wildman–Crippen LogP) is 2.24. The van der Waals surface area contributed by atoms with Crippen LogP contribution < -0.4 is 10.6 Å². The number of carbonyl (C=O) groups is 2. The maximum Gasteiger partial charge on any atom is 0.416 e. The van der Waals surface area contributed by atoms with Crippen LogP contribution in [0.15, 0.2) is 24.3 Å². The number of nitrogens with zero attached hydrogens (tertiary/aromatic N) is 1. The first-order valence-corrected chi connectivity index (χ1v) is 7.70. The largest absolute Gasteiger partial charge is 0.416 e. The van der Waals surface area contributed by atoms with Crippen molar-refractivity contribution < 1.29 is 22.8 Å². The van der Waals surface area contributed by atoms with Crippen LogP contribution in [-0.4, -0.2) is 42.4 Å². The highest BCUT2D eigenvalue weighted by molar-refractivity contribution is 5.92. The standard InChI is InChI=1S/C16H20F3N3O2/c1-11(23)20-13-5-7-22(8-6-13)10-15(24)21-14-4-2-3-12(9-14)16(17,18)19/h2-4,9,13H,5-8,10H2,1H3,(H,20,23)(H,21,24). The molecule has 0 atom stereocenters. The Hall–Kier alpha value is -2.09. The molecule has 0 spiro atoms. The number of nitrogens with one attached hydrogen (secondary N) is 2. The van der Waals surface area contributed by atoms with Crippen molar-refractivity contribution in [3.63, 3.8) is 0 Å². The molecular formula is C16H20F3N3O2. The van der Waals surface area contributed by atoms with Crippen molar-refractivity contribution in [2.24, 2.45) is 0 Å². The Balaban J connectivity index is 1.83. The number of rotatable bonds is 4. The monoisotopic (exact) mass is 343 g/mol. The van der Waals surface area contributed by atoms with Gasteiger partial charge in [-0.1, -0.05) is 6.07 Å². The van der Waals surface area contributed by atoms with Crippen molar-refractivity contribution in [3.05, 3.63) is 29.8 Å². The number of piperidine rings is 1. The minimum absolute atomic E-state index is 0.0734. The molecule has 0 saturated carbocycles. The average molecular weight is 343 g/mol. The number of likely N-dealkylation sites (tertiary alicyclic amines) is 1. The summed E-state index contributed by atoms with van der Waals surface area (Å²) in [5.74, 6) is -0.428. The fraction of sp³-hybridized carbons (Fsp3) is 0.500. The molecule has 2 N–H and O–H groups in total. The third kappa shape index (κ3) is 5.52. The first kappa shape index (κ1) is 18.3. The van der Waals surface area contributed by atoms with E-state index in [0.717, 1.165) is 25.0 Å². The van der Waals surface area contributed by atoms with Crippen LogP contribution in [0.25, 0.3) is 0 Å². The van der Waals surface area contributed by atoms with Crippen LogP contribution in [0.5, 0.6) is 0 Å². The van der Waals surface area contributed by atoms with Gasteiger partial charge in [0.05, 0.1) is 12.1 Å². The highest BCUT2D eigenvalue weighted by Crippen LogP contribution is 2.30. The SMILES string of the molecule is CC(=O)NC1CCN(CC(=O)Nc2cccc(C(F)(F)F)c2)CC1. The normalized spacial score (nSPS) is 16.7. The first-order chi connectivity index (χ1) is 11.2. The molecule has 2 amide bonds. The van der Waals surface area contributed by atoms with E-state index < -0.39 is 11.7 Å². The summed E-state index contributed by atoms with van der Waals surface area (Å²) in [5.41, 5.74) is -0.667. The van der Waals surface area contributed by atoms with Crippen LogP contribution >= 0.6 is 0 Å². The smallest absolute Gasteiger partial charge is 0.354 e. The van der Waals surface area contributed by atoms with E-state index in [4.69, 9.17) is 0 Å². The summed E-state index contributed by atoms with van der Waals surface area (Å²) in [4.78, 5) is 24.9. The number of halogens is 3. The number of alkyl halides is 3. The lowest BCUT2D eigenvalue weighted by molar-refractivity contribution is -0.137. The van der Waals surface area contributed by atoms with Crippen LogP contribution in [-0.2, 0) is 15.8 Å². The Morgan fingerprint density at radius 2 is 1.92 bits per heavy atom. The number of amides is 2. The zero-order valence-electron chi connectivity index (χ0n) is 13.3. The fourth-order valence-electron chi connectivity index (χ4n) is 2.70. The molecule has 0 aliphatic carbocycles. The molecule has 1 saturated heterocycles. The molecule has 0 bridgehead atoms. The van der Waals surface area contributed by atoms with Gasteiger partial charge in [0, 0.05) is 31.7 Å². The van der Waals surface area contributed by atoms with E-state index in [9.17, 15) is 22.8 Å². The second-order valence-corrected chi connectivity index (χ2v) is 5.88. The van der Waals surface area contributed by atoms with Gasteiger partial charge in [-0.3, -0.25) is 14.5 Å². The lowest BCUT2D eigenvalue weighted by atomic mass is 10.1. The minimum Gasteiger partial charge on any atom is -0.354 e. The number of benzene rings is 1. The van der Waals surface area contributed by atoms with Crippen molar-refractivity contribution in [3.8, 4) is 0 Å². The second-order valence-electron chi connectivity index (χ2n) is 5.88. The van der Waals surface area contributed by atoms with Crippen LogP contribution in [0.4, 0.5) is 18.9 Å². The van der Waals surface area contributed by atoms with Crippen LogP contribution in [0.3, 0.4) is 0 Å². The van der Waals surface area contributed by atoms with E-state index in [0.29, 0.717) is 13.1 Å². The van der Waals surface area contributed by atoms with E-state index in [1.807, 2.05) is 4.90 Å². The fourth-order valence-corrected chi connectivity index (χ4v) is 2.70. The van der Waals surface area contributed by atoms with Gasteiger partial charge in [-0.05, 0) is 31.0 Å².